The SMILES string of the molecule is CC1=CC(C)(C)N(C)c2cc(F)c(C=Nc3ccc(Nc4ccccc4)cc3)cc21. The van der Waals surface area contributed by atoms with E-state index in [0.29, 0.717) is 5.56 Å². The molecule has 3 aromatic carbocycles. The summed E-state index contributed by atoms with van der Waals surface area (Å²) in [4.78, 5) is 6.59. The summed E-state index contributed by atoms with van der Waals surface area (Å²) in [6.07, 6.45) is 3.81. The molecule has 3 aromatic rings. The minimum absolute atomic E-state index is 0.144. The van der Waals surface area contributed by atoms with Crippen LogP contribution in [-0.4, -0.2) is 18.8 Å². The number of nitrogens with zero attached hydrogens (tertiary/aromatic N) is 2. The van der Waals surface area contributed by atoms with Gasteiger partial charge < -0.3 is 10.2 Å². The molecule has 0 bridgehead atoms. The van der Waals surface area contributed by atoms with Crippen LogP contribution in [0.2, 0.25) is 0 Å². The maximum Gasteiger partial charge on any atom is 0.134 e. The van der Waals surface area contributed by atoms with E-state index in [1.807, 2.05) is 67.7 Å². The lowest BCUT2D eigenvalue weighted by Gasteiger charge is -2.40. The second-order valence-electron chi connectivity index (χ2n) is 8.23. The van der Waals surface area contributed by atoms with Crippen molar-refractivity contribution in [3.63, 3.8) is 0 Å². The Morgan fingerprint density at radius 1 is 0.967 bits per heavy atom. The molecule has 0 aliphatic carbocycles. The standard InChI is InChI=1S/C26H26FN3/c1-18-16-26(2,3)30(4)25-15-24(27)19(14-23(18)25)17-28-20-10-12-22(13-11-20)29-21-8-6-5-7-9-21/h5-17,29H,1-4H3. The van der Waals surface area contributed by atoms with Crippen LogP contribution in [0.5, 0.6) is 0 Å². The second-order valence-corrected chi connectivity index (χ2v) is 8.23. The average Bonchev–Trinajstić information content (AvgIpc) is 2.72. The van der Waals surface area contributed by atoms with Crippen LogP contribution >= 0.6 is 0 Å². The van der Waals surface area contributed by atoms with Crippen LogP contribution < -0.4 is 10.2 Å². The third-order valence-corrected chi connectivity index (χ3v) is 5.62. The van der Waals surface area contributed by atoms with Crippen LogP contribution in [0, 0.1) is 5.82 Å². The summed E-state index contributed by atoms with van der Waals surface area (Å²) >= 11 is 0. The van der Waals surface area contributed by atoms with Gasteiger partial charge in [0.1, 0.15) is 5.82 Å². The van der Waals surface area contributed by atoms with Gasteiger partial charge in [0.15, 0.2) is 0 Å². The molecule has 0 amide bonds. The molecule has 0 saturated heterocycles. The highest BCUT2D eigenvalue weighted by Gasteiger charge is 2.29. The van der Waals surface area contributed by atoms with E-state index in [1.54, 1.807) is 12.3 Å². The number of anilines is 3. The van der Waals surface area contributed by atoms with Gasteiger partial charge in [0.2, 0.25) is 0 Å². The molecule has 0 spiro atoms. The summed E-state index contributed by atoms with van der Waals surface area (Å²) in [5.41, 5.74) is 6.23. The first kappa shape index (κ1) is 19.9. The van der Waals surface area contributed by atoms with Gasteiger partial charge in [0, 0.05) is 41.5 Å². The molecule has 1 aliphatic heterocycles. The topological polar surface area (TPSA) is 27.6 Å². The van der Waals surface area contributed by atoms with E-state index in [4.69, 9.17) is 0 Å². The van der Waals surface area contributed by atoms with Gasteiger partial charge in [-0.05, 0) is 74.9 Å². The lowest BCUT2D eigenvalue weighted by molar-refractivity contribution is 0.589. The predicted molar refractivity (Wildman–Crippen MR) is 126 cm³/mol. The van der Waals surface area contributed by atoms with E-state index in [2.05, 4.69) is 42.1 Å². The molecule has 3 nitrogen and oxygen atoms in total. The zero-order valence-corrected chi connectivity index (χ0v) is 17.8. The fourth-order valence-corrected chi connectivity index (χ4v) is 3.75. The van der Waals surface area contributed by atoms with Crippen LogP contribution in [0.1, 0.15) is 31.9 Å². The fraction of sp³-hybridized carbons (Fsp3) is 0.192. The van der Waals surface area contributed by atoms with Crippen molar-refractivity contribution in [1.82, 2.24) is 0 Å². The van der Waals surface area contributed by atoms with Gasteiger partial charge in [-0.25, -0.2) is 4.39 Å². The third-order valence-electron chi connectivity index (χ3n) is 5.62. The molecule has 1 N–H and O–H groups in total. The maximum atomic E-state index is 14.8. The zero-order chi connectivity index (χ0) is 21.3. The van der Waals surface area contributed by atoms with Gasteiger partial charge >= 0.3 is 0 Å². The smallest absolute Gasteiger partial charge is 0.134 e. The van der Waals surface area contributed by atoms with E-state index in [1.165, 1.54) is 0 Å². The first-order valence-corrected chi connectivity index (χ1v) is 10.1. The normalized spacial score (nSPS) is 15.1. The number of halogens is 1. The van der Waals surface area contributed by atoms with Crippen LogP contribution in [0.4, 0.5) is 27.1 Å². The number of aliphatic imine (C=N–C) groups is 1. The Hall–Kier alpha value is -3.40. The largest absolute Gasteiger partial charge is 0.365 e. The number of fused-ring (bicyclic) bond motifs is 1. The van der Waals surface area contributed by atoms with Crippen molar-refractivity contribution >= 4 is 34.5 Å². The average molecular weight is 400 g/mol. The van der Waals surface area contributed by atoms with Gasteiger partial charge in [-0.1, -0.05) is 24.3 Å². The molecule has 0 radical (unpaired) electrons. The Morgan fingerprint density at radius 3 is 2.33 bits per heavy atom. The molecule has 0 unspecified atom stereocenters. The van der Waals surface area contributed by atoms with Crippen molar-refractivity contribution < 1.29 is 4.39 Å². The number of hydrogen-bond donors (Lipinski definition) is 1. The number of rotatable bonds is 4. The highest BCUT2D eigenvalue weighted by molar-refractivity contribution is 5.89. The summed E-state index contributed by atoms with van der Waals surface area (Å²) in [6, 6.07) is 21.3. The van der Waals surface area contributed by atoms with Gasteiger partial charge in [-0.3, -0.25) is 4.99 Å². The van der Waals surface area contributed by atoms with Crippen molar-refractivity contribution in [3.05, 3.63) is 89.8 Å². The second kappa shape index (κ2) is 7.79. The Morgan fingerprint density at radius 2 is 1.63 bits per heavy atom. The van der Waals surface area contributed by atoms with E-state index in [0.717, 1.165) is 33.9 Å². The van der Waals surface area contributed by atoms with Crippen LogP contribution in [-0.2, 0) is 0 Å². The number of allylic oxidation sites excluding steroid dienone is 1. The number of para-hydroxylation sites is 1. The third kappa shape index (κ3) is 3.99. The highest BCUT2D eigenvalue weighted by atomic mass is 19.1. The molecular formula is C26H26FN3. The summed E-state index contributed by atoms with van der Waals surface area (Å²) in [7, 11) is 2.00. The molecule has 30 heavy (non-hydrogen) atoms. The van der Waals surface area contributed by atoms with Crippen LogP contribution in [0.3, 0.4) is 0 Å². The minimum atomic E-state index is -0.266. The van der Waals surface area contributed by atoms with Crippen molar-refractivity contribution in [1.29, 1.82) is 0 Å². The Balaban J connectivity index is 1.55. The molecule has 0 fully saturated rings. The highest BCUT2D eigenvalue weighted by Crippen LogP contribution is 2.38. The van der Waals surface area contributed by atoms with Crippen molar-refractivity contribution in [3.8, 4) is 0 Å². The van der Waals surface area contributed by atoms with E-state index >= 15 is 0 Å². The van der Waals surface area contributed by atoms with E-state index < -0.39 is 0 Å². The van der Waals surface area contributed by atoms with E-state index in [9.17, 15) is 4.39 Å². The molecule has 152 valence electrons. The molecule has 0 atom stereocenters. The lowest BCUT2D eigenvalue weighted by Crippen LogP contribution is -2.42. The molecule has 1 heterocycles. The number of benzene rings is 3. The van der Waals surface area contributed by atoms with Crippen molar-refractivity contribution in [2.75, 3.05) is 17.3 Å². The number of likely N-dealkylation sites (N-methyl/N-ethyl adjacent to an activating group) is 1. The maximum absolute atomic E-state index is 14.8. The first-order chi connectivity index (χ1) is 14.3. The molecular weight excluding hydrogens is 373 g/mol. The van der Waals surface area contributed by atoms with Crippen molar-refractivity contribution in [2.24, 2.45) is 4.99 Å². The van der Waals surface area contributed by atoms with Crippen LogP contribution in [0.25, 0.3) is 5.57 Å². The molecule has 0 aromatic heterocycles. The minimum Gasteiger partial charge on any atom is -0.365 e. The number of hydrogen-bond acceptors (Lipinski definition) is 3. The quantitative estimate of drug-likeness (QED) is 0.481. The van der Waals surface area contributed by atoms with Crippen LogP contribution in [0.15, 0.2) is 77.8 Å². The predicted octanol–water partition coefficient (Wildman–Crippen LogP) is 6.95. The van der Waals surface area contributed by atoms with E-state index in [-0.39, 0.29) is 11.4 Å². The number of nitrogens with one attached hydrogen (secondary N) is 1. The molecule has 1 aliphatic rings. The van der Waals surface area contributed by atoms with Gasteiger partial charge in [0.05, 0.1) is 11.2 Å². The van der Waals surface area contributed by atoms with Crippen molar-refractivity contribution in [2.45, 2.75) is 26.3 Å². The fourth-order valence-electron chi connectivity index (χ4n) is 3.75. The zero-order valence-electron chi connectivity index (χ0n) is 17.8. The summed E-state index contributed by atoms with van der Waals surface area (Å²) < 4.78 is 14.8. The van der Waals surface area contributed by atoms with Gasteiger partial charge in [0.25, 0.3) is 0 Å². The van der Waals surface area contributed by atoms with Gasteiger partial charge in [-0.2, -0.15) is 0 Å². The Kier molecular flexibility index (Phi) is 5.17. The first-order valence-electron chi connectivity index (χ1n) is 10.1. The molecule has 4 rings (SSSR count). The summed E-state index contributed by atoms with van der Waals surface area (Å²) in [5.74, 6) is -0.266. The lowest BCUT2D eigenvalue weighted by atomic mass is 9.88. The van der Waals surface area contributed by atoms with Gasteiger partial charge in [-0.15, -0.1) is 0 Å². The summed E-state index contributed by atoms with van der Waals surface area (Å²) in [6.45, 7) is 6.33. The summed E-state index contributed by atoms with van der Waals surface area (Å²) in [5, 5.41) is 3.34. The molecule has 4 heteroatoms. The Labute approximate surface area is 177 Å². The Bertz CT molecular complexity index is 1110. The monoisotopic (exact) mass is 399 g/mol. The molecule has 0 saturated carbocycles.